The molecule has 0 aliphatic carbocycles. The molecule has 0 saturated carbocycles. The van der Waals surface area contributed by atoms with Gasteiger partial charge in [-0.25, -0.2) is 18.4 Å². The van der Waals surface area contributed by atoms with Gasteiger partial charge in [-0.3, -0.25) is 19.0 Å². The van der Waals surface area contributed by atoms with E-state index in [0.717, 1.165) is 17.0 Å². The van der Waals surface area contributed by atoms with Crippen LogP contribution in [0.15, 0.2) is 24.5 Å². The lowest BCUT2D eigenvalue weighted by molar-refractivity contribution is 0.100. The Kier molecular flexibility index (Phi) is 6.68. The maximum Gasteiger partial charge on any atom is 0.280 e. The summed E-state index contributed by atoms with van der Waals surface area (Å²) in [5.41, 5.74) is 8.14. The number of fused-ring (bicyclic) bond motifs is 1. The number of amides is 2. The Morgan fingerprint density at radius 2 is 1.90 bits per heavy atom. The molecule has 5 aromatic heterocycles. The summed E-state index contributed by atoms with van der Waals surface area (Å²) in [4.78, 5) is 29.8. The number of aromatic nitrogens is 7. The number of nitrogens with zero attached hydrogens (tertiary/aromatic N) is 7. The number of thiophene rings is 1. The summed E-state index contributed by atoms with van der Waals surface area (Å²) < 4.78 is 32.2. The number of halogens is 3. The van der Waals surface area contributed by atoms with E-state index >= 15 is 0 Å². The van der Waals surface area contributed by atoms with E-state index in [9.17, 15) is 18.4 Å². The van der Waals surface area contributed by atoms with Crippen LogP contribution in [-0.4, -0.2) is 46.1 Å². The smallest absolute Gasteiger partial charge is 0.280 e. The third-order valence-electron chi connectivity index (χ3n) is 6.12. The number of pyridine rings is 1. The molecule has 39 heavy (non-hydrogen) atoms. The van der Waals surface area contributed by atoms with Crippen LogP contribution in [-0.2, 0) is 13.7 Å². The summed E-state index contributed by atoms with van der Waals surface area (Å²) >= 11 is 7.04. The first-order valence-corrected chi connectivity index (χ1v) is 12.7. The van der Waals surface area contributed by atoms with Crippen molar-refractivity contribution in [2.24, 2.45) is 12.8 Å². The molecule has 0 atom stereocenters. The predicted octanol–water partition coefficient (Wildman–Crippen LogP) is 4.46. The highest BCUT2D eigenvalue weighted by atomic mass is 35.5. The van der Waals surface area contributed by atoms with Crippen molar-refractivity contribution >= 4 is 50.7 Å². The highest BCUT2D eigenvalue weighted by Crippen LogP contribution is 2.43. The van der Waals surface area contributed by atoms with Crippen molar-refractivity contribution in [3.63, 3.8) is 0 Å². The zero-order valence-electron chi connectivity index (χ0n) is 21.2. The fraction of sp³-hybridized carbons (Fsp3) is 0.250. The summed E-state index contributed by atoms with van der Waals surface area (Å²) in [6, 6.07) is 2.73. The SMILES string of the molecule is Cc1nn(C)cc1-c1cc(C(F)F)nc2sc(C(N)=O)c(NC(=O)c3ccn(Cn4nc(C)c(Cl)c4C)n3)c12. The largest absolute Gasteiger partial charge is 0.365 e. The number of carbonyl (C=O) groups excluding carboxylic acids is 2. The Balaban J connectivity index is 1.57. The Morgan fingerprint density at radius 1 is 1.15 bits per heavy atom. The molecule has 3 N–H and O–H groups in total. The number of rotatable bonds is 7. The molecule has 2 amide bonds. The first-order chi connectivity index (χ1) is 18.4. The van der Waals surface area contributed by atoms with Gasteiger partial charge in [-0.05, 0) is 38.5 Å². The van der Waals surface area contributed by atoms with E-state index in [-0.39, 0.29) is 27.8 Å². The normalized spacial score (nSPS) is 11.6. The fourth-order valence-electron chi connectivity index (χ4n) is 4.29. The quantitative estimate of drug-likeness (QED) is 0.295. The number of hydrogen-bond acceptors (Lipinski definition) is 7. The molecule has 0 spiro atoms. The van der Waals surface area contributed by atoms with Gasteiger partial charge in [-0.2, -0.15) is 15.3 Å². The Morgan fingerprint density at radius 3 is 2.49 bits per heavy atom. The van der Waals surface area contributed by atoms with Crippen LogP contribution in [0.2, 0.25) is 5.02 Å². The van der Waals surface area contributed by atoms with Crippen molar-refractivity contribution in [3.05, 3.63) is 62.9 Å². The molecule has 0 saturated heterocycles. The van der Waals surface area contributed by atoms with Crippen LogP contribution in [0.5, 0.6) is 0 Å². The average molecular weight is 574 g/mol. The topological polar surface area (TPSA) is 139 Å². The minimum absolute atomic E-state index is 0.0308. The number of primary amides is 1. The van der Waals surface area contributed by atoms with Crippen LogP contribution in [0.25, 0.3) is 21.3 Å². The van der Waals surface area contributed by atoms with Gasteiger partial charge < -0.3 is 11.1 Å². The van der Waals surface area contributed by atoms with E-state index in [1.165, 1.54) is 16.8 Å². The molecular formula is C24H22ClF2N9O2S. The second-order valence-electron chi connectivity index (χ2n) is 8.87. The third kappa shape index (κ3) is 4.76. The molecule has 15 heteroatoms. The molecule has 0 radical (unpaired) electrons. The molecule has 0 aromatic carbocycles. The third-order valence-corrected chi connectivity index (χ3v) is 7.76. The molecule has 0 aliphatic rings. The van der Waals surface area contributed by atoms with Crippen LogP contribution in [0.3, 0.4) is 0 Å². The zero-order valence-corrected chi connectivity index (χ0v) is 22.7. The lowest BCUT2D eigenvalue weighted by Gasteiger charge is -2.10. The zero-order chi connectivity index (χ0) is 28.2. The van der Waals surface area contributed by atoms with Gasteiger partial charge in [0.05, 0.1) is 27.8 Å². The van der Waals surface area contributed by atoms with Crippen molar-refractivity contribution in [3.8, 4) is 11.1 Å². The number of nitrogens with one attached hydrogen (secondary N) is 1. The average Bonchev–Trinajstić information content (AvgIpc) is 3.62. The van der Waals surface area contributed by atoms with Gasteiger partial charge in [0.2, 0.25) is 0 Å². The van der Waals surface area contributed by atoms with Crippen LogP contribution in [0, 0.1) is 20.8 Å². The molecule has 5 aromatic rings. The number of alkyl halides is 2. The van der Waals surface area contributed by atoms with E-state index in [1.54, 1.807) is 42.7 Å². The molecule has 11 nitrogen and oxygen atoms in total. The minimum Gasteiger partial charge on any atom is -0.365 e. The number of anilines is 1. The van der Waals surface area contributed by atoms with E-state index in [0.29, 0.717) is 32.9 Å². The second-order valence-corrected chi connectivity index (χ2v) is 10.2. The molecule has 0 fully saturated rings. The first-order valence-electron chi connectivity index (χ1n) is 11.5. The Labute approximate surface area is 229 Å². The van der Waals surface area contributed by atoms with Crippen LogP contribution in [0.4, 0.5) is 14.5 Å². The number of nitrogens with two attached hydrogens (primary N) is 1. The molecule has 0 unspecified atom stereocenters. The van der Waals surface area contributed by atoms with Crippen LogP contribution in [0.1, 0.15) is 49.4 Å². The van der Waals surface area contributed by atoms with Crippen molar-refractivity contribution in [2.75, 3.05) is 5.32 Å². The summed E-state index contributed by atoms with van der Waals surface area (Å²) in [6.45, 7) is 5.55. The monoisotopic (exact) mass is 573 g/mol. The lowest BCUT2D eigenvalue weighted by Crippen LogP contribution is -2.18. The fourth-order valence-corrected chi connectivity index (χ4v) is 5.44. The Hall–Kier alpha value is -4.17. The van der Waals surface area contributed by atoms with E-state index in [4.69, 9.17) is 17.3 Å². The van der Waals surface area contributed by atoms with E-state index in [2.05, 4.69) is 25.6 Å². The molecule has 0 aliphatic heterocycles. The maximum atomic E-state index is 13.7. The van der Waals surface area contributed by atoms with Gasteiger partial charge in [0, 0.05) is 30.4 Å². The van der Waals surface area contributed by atoms with Crippen molar-refractivity contribution in [1.29, 1.82) is 0 Å². The standard InChI is InChI=1S/C24H22ClF2N9O2S/c1-10-14(8-34(4)31-10)13-7-16(21(26)27)29-24-17(13)19(20(39-24)22(28)37)30-23(38)15-5-6-35(33-15)9-36-12(3)18(25)11(2)32-36/h5-8,21H,9H2,1-4H3,(H2,28,37)(H,30,38). The summed E-state index contributed by atoms with van der Waals surface area (Å²) in [6.07, 6.45) is 0.406. The molecular weight excluding hydrogens is 552 g/mol. The van der Waals surface area contributed by atoms with Crippen molar-refractivity contribution < 1.29 is 18.4 Å². The minimum atomic E-state index is -2.86. The number of hydrogen-bond donors (Lipinski definition) is 2. The molecule has 0 bridgehead atoms. The van der Waals surface area contributed by atoms with Crippen molar-refractivity contribution in [1.82, 2.24) is 34.3 Å². The molecule has 5 heterocycles. The Bertz CT molecular complexity index is 1770. The van der Waals surface area contributed by atoms with Gasteiger partial charge in [0.25, 0.3) is 18.2 Å². The maximum absolute atomic E-state index is 13.7. The van der Waals surface area contributed by atoms with E-state index < -0.39 is 23.9 Å². The number of carbonyl (C=O) groups is 2. The van der Waals surface area contributed by atoms with Gasteiger partial charge in [0.1, 0.15) is 22.1 Å². The van der Waals surface area contributed by atoms with Gasteiger partial charge in [-0.1, -0.05) is 11.6 Å². The first kappa shape index (κ1) is 26.4. The summed E-state index contributed by atoms with van der Waals surface area (Å²) in [5, 5.41) is 16.5. The van der Waals surface area contributed by atoms with E-state index in [1.807, 2.05) is 6.92 Å². The number of aryl methyl sites for hydroxylation is 3. The summed E-state index contributed by atoms with van der Waals surface area (Å²) in [7, 11) is 1.70. The van der Waals surface area contributed by atoms with Gasteiger partial charge >= 0.3 is 0 Å². The van der Waals surface area contributed by atoms with Crippen LogP contribution >= 0.6 is 22.9 Å². The second kappa shape index (κ2) is 9.85. The van der Waals surface area contributed by atoms with Gasteiger partial charge in [-0.15, -0.1) is 11.3 Å². The van der Waals surface area contributed by atoms with Gasteiger partial charge in [0.15, 0.2) is 5.69 Å². The van der Waals surface area contributed by atoms with Crippen LogP contribution < -0.4 is 11.1 Å². The highest BCUT2D eigenvalue weighted by molar-refractivity contribution is 7.21. The predicted molar refractivity (Wildman–Crippen MR) is 142 cm³/mol. The lowest BCUT2D eigenvalue weighted by atomic mass is 10.0. The summed E-state index contributed by atoms with van der Waals surface area (Å²) in [5.74, 6) is -1.47. The highest BCUT2D eigenvalue weighted by Gasteiger charge is 2.27. The molecule has 5 rings (SSSR count). The van der Waals surface area contributed by atoms with Crippen molar-refractivity contribution in [2.45, 2.75) is 33.9 Å². The molecule has 202 valence electrons.